The molecular weight excluding hydrogens is 292 g/mol. The highest BCUT2D eigenvalue weighted by atomic mass is 16.5. The maximum Gasteiger partial charge on any atom is 0.257 e. The van der Waals surface area contributed by atoms with E-state index in [2.05, 4.69) is 15.4 Å². The number of amides is 1. The van der Waals surface area contributed by atoms with Crippen molar-refractivity contribution < 1.29 is 9.53 Å². The van der Waals surface area contributed by atoms with Crippen LogP contribution in [0.4, 0.5) is 0 Å². The van der Waals surface area contributed by atoms with Crippen LogP contribution in [-0.2, 0) is 4.79 Å². The van der Waals surface area contributed by atoms with Crippen molar-refractivity contribution in [3.05, 3.63) is 47.8 Å². The summed E-state index contributed by atoms with van der Waals surface area (Å²) in [6.07, 6.45) is 0. The largest absolute Gasteiger partial charge is 0.481 e. The zero-order chi connectivity index (χ0) is 16.4. The molecule has 3 rings (SSSR count). The van der Waals surface area contributed by atoms with Gasteiger partial charge in [-0.15, -0.1) is 0 Å². The first-order valence-electron chi connectivity index (χ1n) is 7.35. The number of rotatable bonds is 4. The molecule has 118 valence electrons. The van der Waals surface area contributed by atoms with Crippen LogP contribution in [0, 0.1) is 13.8 Å². The number of fused-ring (bicyclic) bond motifs is 1. The SMILES string of the molecule is CNC(=O)COc1cccc2ccc(-n3nc(C)cc3C)nc12. The molecule has 0 bridgehead atoms. The van der Waals surface area contributed by atoms with E-state index < -0.39 is 0 Å². The number of aryl methyl sites for hydroxylation is 2. The van der Waals surface area contributed by atoms with E-state index >= 15 is 0 Å². The third-order valence-corrected chi connectivity index (χ3v) is 3.53. The van der Waals surface area contributed by atoms with Gasteiger partial charge in [-0.05, 0) is 38.1 Å². The molecule has 2 heterocycles. The van der Waals surface area contributed by atoms with Crippen LogP contribution in [0.3, 0.4) is 0 Å². The van der Waals surface area contributed by atoms with Gasteiger partial charge in [-0.3, -0.25) is 4.79 Å². The fourth-order valence-electron chi connectivity index (χ4n) is 2.42. The van der Waals surface area contributed by atoms with Crippen molar-refractivity contribution in [2.75, 3.05) is 13.7 Å². The zero-order valence-electron chi connectivity index (χ0n) is 13.3. The number of hydrogen-bond donors (Lipinski definition) is 1. The molecule has 3 aromatic rings. The van der Waals surface area contributed by atoms with Gasteiger partial charge in [-0.1, -0.05) is 12.1 Å². The number of aromatic nitrogens is 3. The van der Waals surface area contributed by atoms with Gasteiger partial charge in [-0.25, -0.2) is 9.67 Å². The predicted octanol–water partition coefficient (Wildman–Crippen LogP) is 2.16. The molecular formula is C17H18N4O2. The second kappa shape index (κ2) is 6.08. The fourth-order valence-corrected chi connectivity index (χ4v) is 2.42. The van der Waals surface area contributed by atoms with E-state index in [0.717, 1.165) is 22.6 Å². The Hall–Kier alpha value is -2.89. The van der Waals surface area contributed by atoms with Crippen LogP contribution in [0.2, 0.25) is 0 Å². The lowest BCUT2D eigenvalue weighted by Crippen LogP contribution is -2.24. The molecule has 2 aromatic heterocycles. The molecule has 0 atom stereocenters. The number of carbonyl (C=O) groups excluding carboxylic acids is 1. The van der Waals surface area contributed by atoms with Crippen molar-refractivity contribution in [3.8, 4) is 11.6 Å². The van der Waals surface area contributed by atoms with Gasteiger partial charge in [-0.2, -0.15) is 5.10 Å². The number of ether oxygens (including phenoxy) is 1. The summed E-state index contributed by atoms with van der Waals surface area (Å²) in [5.41, 5.74) is 2.66. The third kappa shape index (κ3) is 3.01. The van der Waals surface area contributed by atoms with Crippen molar-refractivity contribution in [3.63, 3.8) is 0 Å². The minimum atomic E-state index is -0.184. The highest BCUT2D eigenvalue weighted by Crippen LogP contribution is 2.25. The number of carbonyl (C=O) groups is 1. The van der Waals surface area contributed by atoms with E-state index in [1.54, 1.807) is 11.7 Å². The molecule has 6 nitrogen and oxygen atoms in total. The van der Waals surface area contributed by atoms with Crippen molar-refractivity contribution in [2.45, 2.75) is 13.8 Å². The Bertz CT molecular complexity index is 870. The molecule has 0 aliphatic rings. The topological polar surface area (TPSA) is 69.0 Å². The van der Waals surface area contributed by atoms with Gasteiger partial charge >= 0.3 is 0 Å². The van der Waals surface area contributed by atoms with Crippen LogP contribution < -0.4 is 10.1 Å². The average molecular weight is 310 g/mol. The van der Waals surface area contributed by atoms with Gasteiger partial charge in [0.2, 0.25) is 0 Å². The van der Waals surface area contributed by atoms with Gasteiger partial charge in [0.1, 0.15) is 11.3 Å². The minimum Gasteiger partial charge on any atom is -0.481 e. The summed E-state index contributed by atoms with van der Waals surface area (Å²) >= 11 is 0. The van der Waals surface area contributed by atoms with Gasteiger partial charge in [0, 0.05) is 18.1 Å². The normalized spacial score (nSPS) is 10.7. The van der Waals surface area contributed by atoms with Crippen molar-refractivity contribution in [2.24, 2.45) is 0 Å². The van der Waals surface area contributed by atoms with Gasteiger partial charge in [0.25, 0.3) is 5.91 Å². The monoisotopic (exact) mass is 310 g/mol. The first-order valence-corrected chi connectivity index (χ1v) is 7.35. The van der Waals surface area contributed by atoms with Crippen molar-refractivity contribution >= 4 is 16.8 Å². The highest BCUT2D eigenvalue weighted by molar-refractivity contribution is 5.86. The van der Waals surface area contributed by atoms with Crippen molar-refractivity contribution in [1.29, 1.82) is 0 Å². The van der Waals surface area contributed by atoms with Gasteiger partial charge in [0.15, 0.2) is 12.4 Å². The molecule has 0 saturated heterocycles. The molecule has 6 heteroatoms. The summed E-state index contributed by atoms with van der Waals surface area (Å²) < 4.78 is 7.39. The van der Waals surface area contributed by atoms with Crippen LogP contribution in [0.15, 0.2) is 36.4 Å². The molecule has 0 saturated carbocycles. The Morgan fingerprint density at radius 3 is 2.78 bits per heavy atom. The maximum atomic E-state index is 11.4. The summed E-state index contributed by atoms with van der Waals surface area (Å²) in [6, 6.07) is 11.5. The van der Waals surface area contributed by atoms with E-state index in [1.807, 2.05) is 50.2 Å². The number of hydrogen-bond acceptors (Lipinski definition) is 4. The Morgan fingerprint density at radius 1 is 1.26 bits per heavy atom. The second-order valence-electron chi connectivity index (χ2n) is 5.30. The number of benzene rings is 1. The Labute approximate surface area is 134 Å². The van der Waals surface area contributed by atoms with Gasteiger partial charge < -0.3 is 10.1 Å². The molecule has 0 fully saturated rings. The summed E-state index contributed by atoms with van der Waals surface area (Å²) in [5.74, 6) is 1.12. The summed E-state index contributed by atoms with van der Waals surface area (Å²) in [4.78, 5) is 16.1. The van der Waals surface area contributed by atoms with Gasteiger partial charge in [0.05, 0.1) is 5.69 Å². The number of pyridine rings is 1. The van der Waals surface area contributed by atoms with E-state index in [1.165, 1.54) is 0 Å². The number of likely N-dealkylation sites (N-methyl/N-ethyl adjacent to an activating group) is 1. The van der Waals surface area contributed by atoms with Crippen LogP contribution in [-0.4, -0.2) is 34.3 Å². The minimum absolute atomic E-state index is 0.0403. The maximum absolute atomic E-state index is 11.4. The molecule has 0 aliphatic carbocycles. The number of nitrogens with zero attached hydrogens (tertiary/aromatic N) is 3. The summed E-state index contributed by atoms with van der Waals surface area (Å²) in [6.45, 7) is 3.89. The molecule has 0 spiro atoms. The van der Waals surface area contributed by atoms with E-state index in [0.29, 0.717) is 11.3 Å². The Kier molecular flexibility index (Phi) is 3.97. The summed E-state index contributed by atoms with van der Waals surface area (Å²) in [5, 5.41) is 7.93. The lowest BCUT2D eigenvalue weighted by Gasteiger charge is -2.10. The molecule has 0 unspecified atom stereocenters. The lowest BCUT2D eigenvalue weighted by atomic mass is 10.2. The molecule has 0 aliphatic heterocycles. The average Bonchev–Trinajstić information content (AvgIpc) is 2.90. The molecule has 23 heavy (non-hydrogen) atoms. The zero-order valence-corrected chi connectivity index (χ0v) is 13.3. The quantitative estimate of drug-likeness (QED) is 0.802. The Balaban J connectivity index is 2.03. The number of para-hydroxylation sites is 1. The standard InChI is InChI=1S/C17H18N4O2/c1-11-9-12(2)21(20-11)15-8-7-13-5-4-6-14(17(13)19-15)23-10-16(22)18-3/h4-9H,10H2,1-3H3,(H,18,22). The Morgan fingerprint density at radius 2 is 2.09 bits per heavy atom. The van der Waals surface area contributed by atoms with E-state index in [4.69, 9.17) is 4.74 Å². The molecule has 1 N–H and O–H groups in total. The third-order valence-electron chi connectivity index (χ3n) is 3.53. The van der Waals surface area contributed by atoms with E-state index in [9.17, 15) is 4.79 Å². The smallest absolute Gasteiger partial charge is 0.257 e. The predicted molar refractivity (Wildman–Crippen MR) is 87.9 cm³/mol. The first-order chi connectivity index (χ1) is 11.1. The molecule has 0 radical (unpaired) electrons. The van der Waals surface area contributed by atoms with Crippen LogP contribution in [0.25, 0.3) is 16.7 Å². The molecule has 1 aromatic carbocycles. The van der Waals surface area contributed by atoms with Crippen LogP contribution in [0.1, 0.15) is 11.4 Å². The van der Waals surface area contributed by atoms with Crippen LogP contribution >= 0.6 is 0 Å². The lowest BCUT2D eigenvalue weighted by molar-refractivity contribution is -0.122. The molecule has 1 amide bonds. The van der Waals surface area contributed by atoms with Crippen LogP contribution in [0.5, 0.6) is 5.75 Å². The fraction of sp³-hybridized carbons (Fsp3) is 0.235. The second-order valence-corrected chi connectivity index (χ2v) is 5.30. The van der Waals surface area contributed by atoms with Crippen molar-refractivity contribution in [1.82, 2.24) is 20.1 Å². The number of nitrogens with one attached hydrogen (secondary N) is 1. The first kappa shape index (κ1) is 15.0. The highest BCUT2D eigenvalue weighted by Gasteiger charge is 2.10. The van der Waals surface area contributed by atoms with E-state index in [-0.39, 0.29) is 12.5 Å². The summed E-state index contributed by atoms with van der Waals surface area (Å²) in [7, 11) is 1.58.